The van der Waals surface area contributed by atoms with Crippen LogP contribution in [-0.4, -0.2) is 22.9 Å². The maximum absolute atomic E-state index is 9.87. The SMILES string of the molecule is CC(C)(C)[C@@H]1C=C[C@H](CCO)C(O)C1. The third kappa shape index (κ3) is 2.82. The number of aliphatic hydroxyl groups is 2. The third-order valence-corrected chi connectivity index (χ3v) is 3.16. The van der Waals surface area contributed by atoms with Crippen molar-refractivity contribution in [1.82, 2.24) is 0 Å². The van der Waals surface area contributed by atoms with E-state index in [4.69, 9.17) is 5.11 Å². The zero-order valence-electron chi connectivity index (χ0n) is 9.40. The standard InChI is InChI=1S/C12H22O2/c1-12(2,3)10-5-4-9(6-7-13)11(14)8-10/h4-5,9-11,13-14H,6-8H2,1-3H3/t9-,10-,11?/m1/s1. The molecule has 0 saturated heterocycles. The molecule has 0 aromatic heterocycles. The summed E-state index contributed by atoms with van der Waals surface area (Å²) in [6.45, 7) is 6.75. The molecule has 0 amide bonds. The van der Waals surface area contributed by atoms with Gasteiger partial charge in [0, 0.05) is 12.5 Å². The highest BCUT2D eigenvalue weighted by Gasteiger charge is 2.30. The summed E-state index contributed by atoms with van der Waals surface area (Å²) in [6.07, 6.45) is 5.49. The van der Waals surface area contributed by atoms with E-state index >= 15 is 0 Å². The summed E-state index contributed by atoms with van der Waals surface area (Å²) < 4.78 is 0. The van der Waals surface area contributed by atoms with E-state index in [1.807, 2.05) is 0 Å². The van der Waals surface area contributed by atoms with E-state index in [1.54, 1.807) is 0 Å². The van der Waals surface area contributed by atoms with E-state index in [-0.39, 0.29) is 24.0 Å². The quantitative estimate of drug-likeness (QED) is 0.666. The van der Waals surface area contributed by atoms with Gasteiger partial charge >= 0.3 is 0 Å². The van der Waals surface area contributed by atoms with Crippen molar-refractivity contribution in [2.24, 2.45) is 17.3 Å². The Morgan fingerprint density at radius 3 is 2.36 bits per heavy atom. The predicted octanol–water partition coefficient (Wildman–Crippen LogP) is 1.97. The van der Waals surface area contributed by atoms with Gasteiger partial charge in [-0.05, 0) is 24.2 Å². The lowest BCUT2D eigenvalue weighted by Gasteiger charge is -2.35. The van der Waals surface area contributed by atoms with Crippen molar-refractivity contribution in [3.05, 3.63) is 12.2 Å². The molecule has 1 rings (SSSR count). The second-order valence-corrected chi connectivity index (χ2v) is 5.34. The lowest BCUT2D eigenvalue weighted by Crippen LogP contribution is -2.31. The maximum atomic E-state index is 9.87. The van der Waals surface area contributed by atoms with Crippen LogP contribution in [-0.2, 0) is 0 Å². The molecule has 0 aromatic carbocycles. The summed E-state index contributed by atoms with van der Waals surface area (Å²) >= 11 is 0. The highest BCUT2D eigenvalue weighted by Crippen LogP contribution is 2.36. The minimum Gasteiger partial charge on any atom is -0.396 e. The fourth-order valence-corrected chi connectivity index (χ4v) is 2.00. The fourth-order valence-electron chi connectivity index (χ4n) is 2.00. The van der Waals surface area contributed by atoms with Gasteiger partial charge in [-0.25, -0.2) is 0 Å². The summed E-state index contributed by atoms with van der Waals surface area (Å²) in [5.41, 5.74) is 0.224. The Hall–Kier alpha value is -0.340. The van der Waals surface area contributed by atoms with E-state index in [0.717, 1.165) is 6.42 Å². The number of aliphatic hydroxyl groups excluding tert-OH is 2. The smallest absolute Gasteiger partial charge is 0.0609 e. The molecule has 0 aromatic rings. The molecule has 2 heteroatoms. The van der Waals surface area contributed by atoms with Crippen molar-refractivity contribution >= 4 is 0 Å². The molecule has 0 bridgehead atoms. The minimum absolute atomic E-state index is 0.151. The van der Waals surface area contributed by atoms with Crippen LogP contribution in [0.15, 0.2) is 12.2 Å². The van der Waals surface area contributed by atoms with E-state index in [0.29, 0.717) is 12.3 Å². The van der Waals surface area contributed by atoms with Crippen molar-refractivity contribution in [2.75, 3.05) is 6.61 Å². The van der Waals surface area contributed by atoms with Gasteiger partial charge in [0.15, 0.2) is 0 Å². The zero-order chi connectivity index (χ0) is 10.8. The van der Waals surface area contributed by atoms with E-state index in [1.165, 1.54) is 0 Å². The highest BCUT2D eigenvalue weighted by atomic mass is 16.3. The molecular weight excluding hydrogens is 176 g/mol. The molecular formula is C12H22O2. The van der Waals surface area contributed by atoms with Crippen molar-refractivity contribution in [3.8, 4) is 0 Å². The van der Waals surface area contributed by atoms with Gasteiger partial charge in [0.2, 0.25) is 0 Å². The second kappa shape index (κ2) is 4.45. The molecule has 3 atom stereocenters. The monoisotopic (exact) mass is 198 g/mol. The minimum atomic E-state index is -0.281. The highest BCUT2D eigenvalue weighted by molar-refractivity contribution is 5.04. The van der Waals surface area contributed by atoms with Crippen LogP contribution in [0.25, 0.3) is 0 Å². The first kappa shape index (κ1) is 11.7. The number of allylic oxidation sites excluding steroid dienone is 1. The lowest BCUT2D eigenvalue weighted by molar-refractivity contribution is 0.0655. The molecule has 1 aliphatic carbocycles. The normalized spacial score (nSPS) is 33.4. The predicted molar refractivity (Wildman–Crippen MR) is 57.9 cm³/mol. The zero-order valence-corrected chi connectivity index (χ0v) is 9.40. The molecule has 0 aliphatic heterocycles. The van der Waals surface area contributed by atoms with Crippen LogP contribution in [0.5, 0.6) is 0 Å². The molecule has 0 saturated carbocycles. The van der Waals surface area contributed by atoms with Crippen LogP contribution in [0, 0.1) is 17.3 Å². The topological polar surface area (TPSA) is 40.5 Å². The molecule has 0 spiro atoms. The Bertz CT molecular complexity index is 203. The van der Waals surface area contributed by atoms with Crippen LogP contribution in [0.4, 0.5) is 0 Å². The van der Waals surface area contributed by atoms with E-state index < -0.39 is 0 Å². The molecule has 2 N–H and O–H groups in total. The average Bonchev–Trinajstić information content (AvgIpc) is 2.07. The van der Waals surface area contributed by atoms with Crippen LogP contribution < -0.4 is 0 Å². The van der Waals surface area contributed by atoms with Gasteiger partial charge < -0.3 is 10.2 Å². The second-order valence-electron chi connectivity index (χ2n) is 5.34. The van der Waals surface area contributed by atoms with Crippen LogP contribution in [0.2, 0.25) is 0 Å². The lowest BCUT2D eigenvalue weighted by atomic mass is 9.72. The average molecular weight is 198 g/mol. The molecule has 14 heavy (non-hydrogen) atoms. The summed E-state index contributed by atoms with van der Waals surface area (Å²) in [5, 5.41) is 18.7. The van der Waals surface area contributed by atoms with Crippen molar-refractivity contribution in [2.45, 2.75) is 39.7 Å². The first-order valence-electron chi connectivity index (χ1n) is 5.42. The largest absolute Gasteiger partial charge is 0.396 e. The van der Waals surface area contributed by atoms with Crippen molar-refractivity contribution in [3.63, 3.8) is 0 Å². The molecule has 0 radical (unpaired) electrons. The molecule has 2 nitrogen and oxygen atoms in total. The van der Waals surface area contributed by atoms with Crippen molar-refractivity contribution in [1.29, 1.82) is 0 Å². The van der Waals surface area contributed by atoms with Gasteiger partial charge in [-0.1, -0.05) is 32.9 Å². The van der Waals surface area contributed by atoms with E-state index in [2.05, 4.69) is 32.9 Å². The van der Waals surface area contributed by atoms with Crippen molar-refractivity contribution < 1.29 is 10.2 Å². The maximum Gasteiger partial charge on any atom is 0.0609 e. The molecule has 0 fully saturated rings. The number of hydrogen-bond donors (Lipinski definition) is 2. The summed E-state index contributed by atoms with van der Waals surface area (Å²) in [7, 11) is 0. The fraction of sp³-hybridized carbons (Fsp3) is 0.833. The Morgan fingerprint density at radius 1 is 1.29 bits per heavy atom. The Morgan fingerprint density at radius 2 is 1.93 bits per heavy atom. The van der Waals surface area contributed by atoms with Crippen LogP contribution >= 0.6 is 0 Å². The number of rotatable bonds is 2. The molecule has 0 heterocycles. The van der Waals surface area contributed by atoms with Gasteiger partial charge in [-0.15, -0.1) is 0 Å². The summed E-state index contributed by atoms with van der Waals surface area (Å²) in [6, 6.07) is 0. The first-order valence-corrected chi connectivity index (χ1v) is 5.42. The number of hydrogen-bond acceptors (Lipinski definition) is 2. The molecule has 1 aliphatic rings. The molecule has 82 valence electrons. The van der Waals surface area contributed by atoms with Crippen LogP contribution in [0.3, 0.4) is 0 Å². The summed E-state index contributed by atoms with van der Waals surface area (Å²) in [5.74, 6) is 0.603. The van der Waals surface area contributed by atoms with Gasteiger partial charge in [0.05, 0.1) is 6.10 Å². The molecule has 1 unspecified atom stereocenters. The van der Waals surface area contributed by atoms with Gasteiger partial charge in [0.1, 0.15) is 0 Å². The van der Waals surface area contributed by atoms with Crippen LogP contribution in [0.1, 0.15) is 33.6 Å². The van der Waals surface area contributed by atoms with Gasteiger partial charge in [-0.2, -0.15) is 0 Å². The third-order valence-electron chi connectivity index (χ3n) is 3.16. The first-order chi connectivity index (χ1) is 6.45. The summed E-state index contributed by atoms with van der Waals surface area (Å²) in [4.78, 5) is 0. The Balaban J connectivity index is 2.62. The Labute approximate surface area is 86.6 Å². The van der Waals surface area contributed by atoms with Gasteiger partial charge in [-0.3, -0.25) is 0 Å². The Kier molecular flexibility index (Phi) is 3.73. The van der Waals surface area contributed by atoms with Gasteiger partial charge in [0.25, 0.3) is 0 Å². The van der Waals surface area contributed by atoms with E-state index in [9.17, 15) is 5.11 Å².